The molecule has 0 aromatic carbocycles. The van der Waals surface area contributed by atoms with Gasteiger partial charge in [-0.3, -0.25) is 4.79 Å². The molecule has 2 N–H and O–H groups in total. The Morgan fingerprint density at radius 3 is 3.15 bits per heavy atom. The molecule has 108 valence electrons. The molecule has 1 atom stereocenters. The first kappa shape index (κ1) is 14.7. The molecule has 2 heterocycles. The lowest BCUT2D eigenvalue weighted by Crippen LogP contribution is -2.30. The number of aromatic nitrogens is 2. The van der Waals surface area contributed by atoms with Crippen LogP contribution in [-0.4, -0.2) is 33.8 Å². The lowest BCUT2D eigenvalue weighted by Gasteiger charge is -2.05. The Hall–Kier alpha value is -1.73. The van der Waals surface area contributed by atoms with E-state index in [1.54, 1.807) is 18.3 Å². The minimum Gasteiger partial charge on any atom is -0.392 e. The van der Waals surface area contributed by atoms with E-state index < -0.39 is 6.10 Å². The molecule has 20 heavy (non-hydrogen) atoms. The van der Waals surface area contributed by atoms with Gasteiger partial charge in [0, 0.05) is 19.4 Å². The summed E-state index contributed by atoms with van der Waals surface area (Å²) in [4.78, 5) is 16.7. The first-order valence-electron chi connectivity index (χ1n) is 6.46. The van der Waals surface area contributed by atoms with E-state index >= 15 is 0 Å². The van der Waals surface area contributed by atoms with Gasteiger partial charge in [-0.1, -0.05) is 11.2 Å². The first-order chi connectivity index (χ1) is 9.65. The normalized spacial score (nSPS) is 12.3. The van der Waals surface area contributed by atoms with Gasteiger partial charge in [-0.15, -0.1) is 11.3 Å². The molecule has 1 amide bonds. The largest absolute Gasteiger partial charge is 0.392 e. The Kier molecular flexibility index (Phi) is 5.25. The quantitative estimate of drug-likeness (QED) is 0.810. The Bertz CT molecular complexity index is 537. The van der Waals surface area contributed by atoms with Gasteiger partial charge in [-0.25, -0.2) is 0 Å². The van der Waals surface area contributed by atoms with Crippen LogP contribution < -0.4 is 5.32 Å². The first-order valence-corrected chi connectivity index (χ1v) is 7.34. The minimum atomic E-state index is -0.525. The standard InChI is InChI=1S/C13H17N3O3S/c1-9(17)8-14-11(18)5-2-6-12-15-13(16-19-12)10-4-3-7-20-10/h3-4,7,9,17H,2,5-6,8H2,1H3,(H,14,18). The molecule has 0 aliphatic carbocycles. The van der Waals surface area contributed by atoms with E-state index in [1.165, 1.54) is 0 Å². The number of hydrogen-bond acceptors (Lipinski definition) is 6. The van der Waals surface area contributed by atoms with Crippen molar-refractivity contribution in [1.29, 1.82) is 0 Å². The maximum Gasteiger partial charge on any atom is 0.226 e. The van der Waals surface area contributed by atoms with Gasteiger partial charge in [0.2, 0.25) is 17.6 Å². The number of carbonyl (C=O) groups is 1. The third-order valence-corrected chi connectivity index (χ3v) is 3.46. The second-order valence-electron chi connectivity index (χ2n) is 4.50. The van der Waals surface area contributed by atoms with Crippen molar-refractivity contribution in [2.45, 2.75) is 32.3 Å². The summed E-state index contributed by atoms with van der Waals surface area (Å²) in [5.74, 6) is 1.05. The molecular weight excluding hydrogens is 278 g/mol. The predicted molar refractivity (Wildman–Crippen MR) is 75.2 cm³/mol. The van der Waals surface area contributed by atoms with Crippen LogP contribution >= 0.6 is 11.3 Å². The van der Waals surface area contributed by atoms with Crippen molar-refractivity contribution in [1.82, 2.24) is 15.5 Å². The Balaban J connectivity index is 1.73. The highest BCUT2D eigenvalue weighted by Crippen LogP contribution is 2.21. The van der Waals surface area contributed by atoms with Crippen LogP contribution in [0.25, 0.3) is 10.7 Å². The van der Waals surface area contributed by atoms with Gasteiger partial charge in [0.15, 0.2) is 0 Å². The lowest BCUT2D eigenvalue weighted by molar-refractivity contribution is -0.121. The van der Waals surface area contributed by atoms with Crippen molar-refractivity contribution >= 4 is 17.2 Å². The lowest BCUT2D eigenvalue weighted by atomic mass is 10.2. The monoisotopic (exact) mass is 295 g/mol. The molecule has 0 saturated carbocycles. The molecule has 0 radical (unpaired) electrons. The number of nitrogens with zero attached hydrogens (tertiary/aromatic N) is 2. The zero-order chi connectivity index (χ0) is 14.4. The second-order valence-corrected chi connectivity index (χ2v) is 5.44. The molecule has 0 saturated heterocycles. The number of hydrogen-bond donors (Lipinski definition) is 2. The Labute approximate surface area is 120 Å². The number of aliphatic hydroxyl groups is 1. The average molecular weight is 295 g/mol. The van der Waals surface area contributed by atoms with Gasteiger partial charge in [0.05, 0.1) is 11.0 Å². The van der Waals surface area contributed by atoms with Gasteiger partial charge in [0.1, 0.15) is 0 Å². The summed E-state index contributed by atoms with van der Waals surface area (Å²) in [6, 6.07) is 3.87. The highest BCUT2D eigenvalue weighted by atomic mass is 32.1. The maximum absolute atomic E-state index is 11.4. The summed E-state index contributed by atoms with van der Waals surface area (Å²) >= 11 is 1.55. The number of carbonyl (C=O) groups excluding carboxylic acids is 1. The third-order valence-electron chi connectivity index (χ3n) is 2.60. The molecule has 7 heteroatoms. The van der Waals surface area contributed by atoms with Crippen LogP contribution in [0.1, 0.15) is 25.7 Å². The molecule has 2 aromatic rings. The fourth-order valence-corrected chi connectivity index (χ4v) is 2.26. The van der Waals surface area contributed by atoms with Gasteiger partial charge < -0.3 is 14.9 Å². The SMILES string of the molecule is CC(O)CNC(=O)CCCc1nc(-c2cccs2)no1. The van der Waals surface area contributed by atoms with Gasteiger partial charge >= 0.3 is 0 Å². The van der Waals surface area contributed by atoms with Crippen LogP contribution in [0.2, 0.25) is 0 Å². The van der Waals surface area contributed by atoms with Crippen LogP contribution in [-0.2, 0) is 11.2 Å². The van der Waals surface area contributed by atoms with Crippen LogP contribution in [0.4, 0.5) is 0 Å². The molecule has 0 spiro atoms. The Morgan fingerprint density at radius 1 is 1.60 bits per heavy atom. The van der Waals surface area contributed by atoms with Crippen LogP contribution in [0, 0.1) is 0 Å². The summed E-state index contributed by atoms with van der Waals surface area (Å²) in [5, 5.41) is 17.6. The molecule has 6 nitrogen and oxygen atoms in total. The van der Waals surface area contributed by atoms with Crippen LogP contribution in [0.5, 0.6) is 0 Å². The summed E-state index contributed by atoms with van der Waals surface area (Å²) in [6.07, 6.45) is 1.06. The van der Waals surface area contributed by atoms with E-state index in [4.69, 9.17) is 9.63 Å². The number of aliphatic hydroxyl groups excluding tert-OH is 1. The van der Waals surface area contributed by atoms with Crippen molar-refractivity contribution in [3.8, 4) is 10.7 Å². The zero-order valence-electron chi connectivity index (χ0n) is 11.2. The smallest absolute Gasteiger partial charge is 0.226 e. The zero-order valence-corrected chi connectivity index (χ0v) is 12.0. The topological polar surface area (TPSA) is 88.2 Å². The van der Waals surface area contributed by atoms with E-state index in [2.05, 4.69) is 15.5 Å². The third kappa shape index (κ3) is 4.43. The van der Waals surface area contributed by atoms with Crippen molar-refractivity contribution in [3.05, 3.63) is 23.4 Å². The molecular formula is C13H17N3O3S. The summed E-state index contributed by atoms with van der Waals surface area (Å²) in [6.45, 7) is 1.91. The van der Waals surface area contributed by atoms with Crippen LogP contribution in [0.3, 0.4) is 0 Å². The number of nitrogens with one attached hydrogen (secondary N) is 1. The van der Waals surface area contributed by atoms with Crippen molar-refractivity contribution in [3.63, 3.8) is 0 Å². The molecule has 0 aliphatic heterocycles. The summed E-state index contributed by atoms with van der Waals surface area (Å²) < 4.78 is 5.14. The minimum absolute atomic E-state index is 0.0797. The van der Waals surface area contributed by atoms with Gasteiger partial charge in [-0.2, -0.15) is 4.98 Å². The molecule has 2 rings (SSSR count). The van der Waals surface area contributed by atoms with E-state index in [9.17, 15) is 4.79 Å². The van der Waals surface area contributed by atoms with E-state index in [-0.39, 0.29) is 12.5 Å². The van der Waals surface area contributed by atoms with Crippen LogP contribution in [0.15, 0.2) is 22.0 Å². The van der Waals surface area contributed by atoms with Crippen molar-refractivity contribution < 1.29 is 14.4 Å². The van der Waals surface area contributed by atoms with E-state index in [0.717, 1.165) is 4.88 Å². The molecule has 2 aromatic heterocycles. The summed E-state index contributed by atoms with van der Waals surface area (Å²) in [5.41, 5.74) is 0. The molecule has 0 fully saturated rings. The van der Waals surface area contributed by atoms with Gasteiger partial charge in [0.25, 0.3) is 0 Å². The molecule has 0 aliphatic rings. The fraction of sp³-hybridized carbons (Fsp3) is 0.462. The number of aryl methyl sites for hydroxylation is 1. The number of rotatable bonds is 7. The van der Waals surface area contributed by atoms with E-state index in [0.29, 0.717) is 31.0 Å². The van der Waals surface area contributed by atoms with Crippen molar-refractivity contribution in [2.75, 3.05) is 6.54 Å². The molecule has 0 bridgehead atoms. The second kappa shape index (κ2) is 7.16. The fourth-order valence-electron chi connectivity index (χ4n) is 1.61. The highest BCUT2D eigenvalue weighted by molar-refractivity contribution is 7.13. The maximum atomic E-state index is 11.4. The number of amides is 1. The number of thiophene rings is 1. The predicted octanol–water partition coefficient (Wildman–Crippen LogP) is 1.62. The van der Waals surface area contributed by atoms with E-state index in [1.807, 2.05) is 17.5 Å². The molecule has 1 unspecified atom stereocenters. The Morgan fingerprint density at radius 2 is 2.45 bits per heavy atom. The highest BCUT2D eigenvalue weighted by Gasteiger charge is 2.10. The summed E-state index contributed by atoms with van der Waals surface area (Å²) in [7, 11) is 0. The average Bonchev–Trinajstić information content (AvgIpc) is 3.06. The van der Waals surface area contributed by atoms with Gasteiger partial charge in [-0.05, 0) is 24.8 Å². The van der Waals surface area contributed by atoms with Crippen molar-refractivity contribution in [2.24, 2.45) is 0 Å².